The van der Waals surface area contributed by atoms with E-state index >= 15 is 0 Å². The first kappa shape index (κ1) is 19.3. The second-order valence-electron chi connectivity index (χ2n) is 6.72. The van der Waals surface area contributed by atoms with Crippen molar-refractivity contribution in [3.8, 4) is 0 Å². The van der Waals surface area contributed by atoms with Crippen molar-refractivity contribution < 1.29 is 22.7 Å². The smallest absolute Gasteiger partial charge is 0.329 e. The third-order valence-electron chi connectivity index (χ3n) is 4.77. The van der Waals surface area contributed by atoms with Crippen LogP contribution in [0.2, 0.25) is 0 Å². The molecule has 1 aromatic carbocycles. The number of amidine groups is 1. The molecule has 0 saturated carbocycles. The van der Waals surface area contributed by atoms with Crippen molar-refractivity contribution in [3.63, 3.8) is 0 Å². The number of esters is 1. The van der Waals surface area contributed by atoms with Gasteiger partial charge >= 0.3 is 5.97 Å². The molecule has 9 heteroatoms. The highest BCUT2D eigenvalue weighted by molar-refractivity contribution is 7.90. The molecular formula is C18H23N3O5S. The fraction of sp³-hybridized carbons (Fsp3) is 0.500. The molecule has 1 saturated heterocycles. The molecule has 1 amide bonds. The zero-order chi connectivity index (χ0) is 19.6. The average molecular weight is 393 g/mol. The zero-order valence-corrected chi connectivity index (χ0v) is 16.2. The summed E-state index contributed by atoms with van der Waals surface area (Å²) >= 11 is 0. The lowest BCUT2D eigenvalue weighted by Gasteiger charge is -2.25. The van der Waals surface area contributed by atoms with E-state index in [9.17, 15) is 18.0 Å². The Morgan fingerprint density at radius 1 is 1.37 bits per heavy atom. The first-order valence-corrected chi connectivity index (χ1v) is 10.4. The molecule has 2 aliphatic rings. The van der Waals surface area contributed by atoms with Gasteiger partial charge in [0, 0.05) is 18.2 Å². The molecule has 0 spiro atoms. The van der Waals surface area contributed by atoms with Crippen molar-refractivity contribution >= 4 is 27.7 Å². The van der Waals surface area contributed by atoms with Gasteiger partial charge in [0.25, 0.3) is 15.9 Å². The number of rotatable bonds is 5. The van der Waals surface area contributed by atoms with Crippen LogP contribution in [0.15, 0.2) is 33.6 Å². The van der Waals surface area contributed by atoms with Crippen LogP contribution < -0.4 is 5.32 Å². The number of ether oxygens (including phenoxy) is 1. The number of hydrogen-bond acceptors (Lipinski definition) is 6. The second kappa shape index (κ2) is 7.67. The largest absolute Gasteiger partial charge is 0.454 e. The number of hydrogen-bond donors (Lipinski definition) is 1. The number of nitrogens with one attached hydrogen (secondary N) is 1. The Labute approximate surface area is 158 Å². The number of amides is 1. The van der Waals surface area contributed by atoms with Gasteiger partial charge in [0.1, 0.15) is 10.9 Å². The van der Waals surface area contributed by atoms with Crippen molar-refractivity contribution in [1.82, 2.24) is 10.2 Å². The maximum Gasteiger partial charge on any atom is 0.329 e. The third kappa shape index (κ3) is 3.97. The number of carbonyl (C=O) groups is 2. The highest BCUT2D eigenvalue weighted by atomic mass is 32.2. The van der Waals surface area contributed by atoms with E-state index < -0.39 is 22.0 Å². The number of nitrogens with zero attached hydrogens (tertiary/aromatic N) is 2. The number of sulfonamides is 1. The molecule has 2 aliphatic heterocycles. The van der Waals surface area contributed by atoms with E-state index in [4.69, 9.17) is 4.74 Å². The summed E-state index contributed by atoms with van der Waals surface area (Å²) < 4.78 is 33.6. The molecule has 1 fully saturated rings. The van der Waals surface area contributed by atoms with E-state index in [0.717, 1.165) is 6.42 Å². The predicted molar refractivity (Wildman–Crippen MR) is 98.7 cm³/mol. The van der Waals surface area contributed by atoms with Gasteiger partial charge < -0.3 is 15.0 Å². The normalized spacial score (nSPS) is 21.3. The van der Waals surface area contributed by atoms with E-state index in [0.29, 0.717) is 24.9 Å². The first-order valence-electron chi connectivity index (χ1n) is 9.00. The fourth-order valence-electron chi connectivity index (χ4n) is 3.21. The van der Waals surface area contributed by atoms with Gasteiger partial charge in [0.05, 0.1) is 0 Å². The molecule has 2 heterocycles. The summed E-state index contributed by atoms with van der Waals surface area (Å²) in [5.41, 5.74) is 0.492. The molecule has 0 unspecified atom stereocenters. The molecule has 1 aromatic rings. The molecule has 1 N–H and O–H groups in total. The molecule has 0 aliphatic carbocycles. The Morgan fingerprint density at radius 2 is 2.11 bits per heavy atom. The lowest BCUT2D eigenvalue weighted by Crippen LogP contribution is -2.43. The van der Waals surface area contributed by atoms with E-state index in [2.05, 4.69) is 9.71 Å². The van der Waals surface area contributed by atoms with Crippen molar-refractivity contribution in [1.29, 1.82) is 0 Å². The Bertz CT molecular complexity index is 881. The summed E-state index contributed by atoms with van der Waals surface area (Å²) in [7, 11) is -3.75. The van der Waals surface area contributed by atoms with Crippen molar-refractivity contribution in [2.45, 2.75) is 50.1 Å². The molecule has 0 bridgehead atoms. The minimum Gasteiger partial charge on any atom is -0.454 e. The van der Waals surface area contributed by atoms with Gasteiger partial charge in [-0.25, -0.2) is 4.79 Å². The molecule has 2 atom stereocenters. The number of likely N-dealkylation sites (tertiary alicyclic amines) is 1. The summed E-state index contributed by atoms with van der Waals surface area (Å²) in [5.74, 6) is -0.626. The minimum absolute atomic E-state index is 0.00809. The lowest BCUT2D eigenvalue weighted by molar-refractivity contribution is -0.152. The van der Waals surface area contributed by atoms with Crippen LogP contribution in [0, 0.1) is 0 Å². The zero-order valence-electron chi connectivity index (χ0n) is 15.3. The van der Waals surface area contributed by atoms with Gasteiger partial charge in [-0.2, -0.15) is 8.42 Å². The van der Waals surface area contributed by atoms with E-state index in [1.807, 2.05) is 13.8 Å². The van der Waals surface area contributed by atoms with Crippen LogP contribution in [0.4, 0.5) is 0 Å². The minimum atomic E-state index is -3.75. The summed E-state index contributed by atoms with van der Waals surface area (Å²) in [4.78, 5) is 26.1. The highest BCUT2D eigenvalue weighted by Gasteiger charge is 2.40. The monoisotopic (exact) mass is 393 g/mol. The van der Waals surface area contributed by atoms with Crippen molar-refractivity contribution in [2.24, 2.45) is 4.40 Å². The van der Waals surface area contributed by atoms with Crippen LogP contribution in [0.5, 0.6) is 0 Å². The molecule has 0 radical (unpaired) electrons. The molecule has 146 valence electrons. The number of benzene rings is 1. The second-order valence-corrected chi connectivity index (χ2v) is 8.29. The standard InChI is InChI=1S/C18H23N3O5S/c1-3-12(2)19-16(22)11-26-18(23)14-8-6-10-21(14)17-13-7-4-5-9-15(13)27(24,25)20-17/h4-5,7,9,12,14H,3,6,8,10-11H2,1-2H3,(H,19,22)/t12-,14-/m0/s1. The summed E-state index contributed by atoms with van der Waals surface area (Å²) in [6.45, 7) is 3.96. The fourth-order valence-corrected chi connectivity index (χ4v) is 4.43. The Balaban J connectivity index is 1.71. The van der Waals surface area contributed by atoms with Crippen LogP contribution in [-0.2, 0) is 24.3 Å². The maximum atomic E-state index is 12.5. The Kier molecular flexibility index (Phi) is 5.50. The topological polar surface area (TPSA) is 105 Å². The van der Waals surface area contributed by atoms with Crippen LogP contribution in [0.25, 0.3) is 0 Å². The van der Waals surface area contributed by atoms with Crippen LogP contribution >= 0.6 is 0 Å². The van der Waals surface area contributed by atoms with E-state index in [1.54, 1.807) is 23.1 Å². The quantitative estimate of drug-likeness (QED) is 0.750. The van der Waals surface area contributed by atoms with E-state index in [-0.39, 0.29) is 29.3 Å². The van der Waals surface area contributed by atoms with E-state index in [1.165, 1.54) is 6.07 Å². The molecule has 27 heavy (non-hydrogen) atoms. The molecule has 3 rings (SSSR count). The van der Waals surface area contributed by atoms with Gasteiger partial charge in [-0.15, -0.1) is 4.40 Å². The lowest BCUT2D eigenvalue weighted by atomic mass is 10.1. The summed E-state index contributed by atoms with van der Waals surface area (Å²) in [6.07, 6.45) is 2.01. The average Bonchev–Trinajstić information content (AvgIpc) is 3.22. The third-order valence-corrected chi connectivity index (χ3v) is 6.10. The summed E-state index contributed by atoms with van der Waals surface area (Å²) in [6, 6.07) is 5.91. The molecule has 0 aromatic heterocycles. The van der Waals surface area contributed by atoms with Gasteiger partial charge in [-0.05, 0) is 38.3 Å². The number of fused-ring (bicyclic) bond motifs is 1. The molecule has 8 nitrogen and oxygen atoms in total. The molecular weight excluding hydrogens is 370 g/mol. The maximum absolute atomic E-state index is 12.5. The van der Waals surface area contributed by atoms with Crippen molar-refractivity contribution in [3.05, 3.63) is 29.8 Å². The van der Waals surface area contributed by atoms with Crippen LogP contribution in [-0.4, -0.2) is 56.3 Å². The van der Waals surface area contributed by atoms with Gasteiger partial charge in [0.15, 0.2) is 12.4 Å². The highest BCUT2D eigenvalue weighted by Crippen LogP contribution is 2.31. The van der Waals surface area contributed by atoms with Gasteiger partial charge in [0.2, 0.25) is 0 Å². The van der Waals surface area contributed by atoms with Gasteiger partial charge in [-0.3, -0.25) is 4.79 Å². The SMILES string of the molecule is CC[C@H](C)NC(=O)COC(=O)[C@@H]1CCCN1C1=NS(=O)(=O)c2ccccc21. The first-order chi connectivity index (χ1) is 12.8. The predicted octanol–water partition coefficient (Wildman–Crippen LogP) is 1.06. The van der Waals surface area contributed by atoms with Crippen LogP contribution in [0.1, 0.15) is 38.7 Å². The number of carbonyl (C=O) groups excluding carboxylic acids is 2. The summed E-state index contributed by atoms with van der Waals surface area (Å²) in [5, 5.41) is 2.73. The Hall–Kier alpha value is -2.42. The van der Waals surface area contributed by atoms with Crippen LogP contribution in [0.3, 0.4) is 0 Å². The van der Waals surface area contributed by atoms with Crippen molar-refractivity contribution in [2.75, 3.05) is 13.2 Å². The van der Waals surface area contributed by atoms with Gasteiger partial charge in [-0.1, -0.05) is 19.1 Å². The Morgan fingerprint density at radius 3 is 2.85 bits per heavy atom.